The van der Waals surface area contributed by atoms with E-state index in [9.17, 15) is 0 Å². The third-order valence-corrected chi connectivity index (χ3v) is 2.33. The van der Waals surface area contributed by atoms with Crippen molar-refractivity contribution in [3.05, 3.63) is 23.8 Å². The molecule has 0 fully saturated rings. The van der Waals surface area contributed by atoms with E-state index in [2.05, 4.69) is 10.3 Å². The Balaban J connectivity index is 2.07. The van der Waals surface area contributed by atoms with Gasteiger partial charge in [-0.25, -0.2) is 4.99 Å². The number of nitrogens with zero attached hydrogens (tertiary/aromatic N) is 1. The van der Waals surface area contributed by atoms with Crippen LogP contribution in [0.4, 0.5) is 0 Å². The molecule has 0 saturated heterocycles. The highest BCUT2D eigenvalue weighted by Gasteiger charge is 2.16. The van der Waals surface area contributed by atoms with Gasteiger partial charge in [-0.3, -0.25) is 0 Å². The van der Waals surface area contributed by atoms with E-state index in [0.717, 1.165) is 17.1 Å². The lowest BCUT2D eigenvalue weighted by molar-refractivity contribution is 0.173. The van der Waals surface area contributed by atoms with Gasteiger partial charge < -0.3 is 20.5 Å². The molecule has 17 heavy (non-hydrogen) atoms. The summed E-state index contributed by atoms with van der Waals surface area (Å²) in [5.74, 6) is 1.98. The molecule has 0 unspecified atom stereocenters. The quantitative estimate of drug-likeness (QED) is 0.610. The number of hydrogen-bond acceptors (Lipinski definition) is 3. The average molecular weight is 235 g/mol. The SMILES string of the molecule is CC(C)NC(N)=NCc1cccc2c1OCO2. The van der Waals surface area contributed by atoms with Crippen molar-refractivity contribution in [1.29, 1.82) is 0 Å². The molecule has 2 rings (SSSR count). The van der Waals surface area contributed by atoms with E-state index in [4.69, 9.17) is 15.2 Å². The minimum absolute atomic E-state index is 0.274. The summed E-state index contributed by atoms with van der Waals surface area (Å²) in [6.07, 6.45) is 0. The monoisotopic (exact) mass is 235 g/mol. The standard InChI is InChI=1S/C12H17N3O2/c1-8(2)15-12(13)14-6-9-4-3-5-10-11(9)17-7-16-10/h3-5,8H,6-7H2,1-2H3,(H3,13,14,15). The number of para-hydroxylation sites is 1. The first-order chi connectivity index (χ1) is 8.16. The van der Waals surface area contributed by atoms with Crippen molar-refractivity contribution in [1.82, 2.24) is 5.32 Å². The molecule has 0 aliphatic carbocycles. The molecule has 0 radical (unpaired) electrons. The first kappa shape index (κ1) is 11.6. The van der Waals surface area contributed by atoms with Gasteiger partial charge in [-0.15, -0.1) is 0 Å². The van der Waals surface area contributed by atoms with Gasteiger partial charge in [-0.2, -0.15) is 0 Å². The van der Waals surface area contributed by atoms with E-state index in [1.165, 1.54) is 0 Å². The number of aliphatic imine (C=N–C) groups is 1. The smallest absolute Gasteiger partial charge is 0.231 e. The second-order valence-electron chi connectivity index (χ2n) is 4.15. The highest BCUT2D eigenvalue weighted by molar-refractivity contribution is 5.78. The van der Waals surface area contributed by atoms with E-state index in [0.29, 0.717) is 12.5 Å². The molecule has 0 spiro atoms. The lowest BCUT2D eigenvalue weighted by Gasteiger charge is -2.09. The Kier molecular flexibility index (Phi) is 3.37. The zero-order chi connectivity index (χ0) is 12.3. The molecule has 0 saturated carbocycles. The van der Waals surface area contributed by atoms with Crippen LogP contribution < -0.4 is 20.5 Å². The van der Waals surface area contributed by atoms with Gasteiger partial charge in [0.1, 0.15) is 0 Å². The van der Waals surface area contributed by atoms with Crippen molar-refractivity contribution in [2.24, 2.45) is 10.7 Å². The Morgan fingerprint density at radius 1 is 1.47 bits per heavy atom. The van der Waals surface area contributed by atoms with Crippen molar-refractivity contribution in [3.63, 3.8) is 0 Å². The highest BCUT2D eigenvalue weighted by Crippen LogP contribution is 2.35. The Labute approximate surface area is 101 Å². The maximum Gasteiger partial charge on any atom is 0.231 e. The summed E-state index contributed by atoms with van der Waals surface area (Å²) in [6, 6.07) is 6.04. The van der Waals surface area contributed by atoms with Gasteiger partial charge in [0.25, 0.3) is 0 Å². The topological polar surface area (TPSA) is 68.9 Å². The molecule has 1 aliphatic heterocycles. The van der Waals surface area contributed by atoms with E-state index in [1.807, 2.05) is 32.0 Å². The lowest BCUT2D eigenvalue weighted by atomic mass is 10.2. The number of fused-ring (bicyclic) bond motifs is 1. The summed E-state index contributed by atoms with van der Waals surface area (Å²) < 4.78 is 10.7. The van der Waals surface area contributed by atoms with Crippen LogP contribution in [-0.2, 0) is 6.54 Å². The second-order valence-corrected chi connectivity index (χ2v) is 4.15. The highest BCUT2D eigenvalue weighted by atomic mass is 16.7. The van der Waals surface area contributed by atoms with Gasteiger partial charge in [-0.1, -0.05) is 12.1 Å². The molecule has 0 bridgehead atoms. The van der Waals surface area contributed by atoms with Crippen LogP contribution in [0.5, 0.6) is 11.5 Å². The van der Waals surface area contributed by atoms with E-state index in [1.54, 1.807) is 0 Å². The zero-order valence-electron chi connectivity index (χ0n) is 10.1. The van der Waals surface area contributed by atoms with E-state index >= 15 is 0 Å². The summed E-state index contributed by atoms with van der Waals surface area (Å²) in [5, 5.41) is 3.04. The molecule has 0 aromatic heterocycles. The first-order valence-electron chi connectivity index (χ1n) is 5.61. The van der Waals surface area contributed by atoms with Gasteiger partial charge in [0.15, 0.2) is 17.5 Å². The molecule has 0 atom stereocenters. The number of nitrogens with one attached hydrogen (secondary N) is 1. The number of nitrogens with two attached hydrogens (primary N) is 1. The third kappa shape index (κ3) is 2.81. The van der Waals surface area contributed by atoms with Crippen molar-refractivity contribution in [2.45, 2.75) is 26.4 Å². The predicted octanol–water partition coefficient (Wildman–Crippen LogP) is 1.23. The summed E-state index contributed by atoms with van der Waals surface area (Å²) in [6.45, 7) is 4.78. The molecule has 5 nitrogen and oxygen atoms in total. The molecule has 1 heterocycles. The normalized spacial score (nSPS) is 14.2. The Morgan fingerprint density at radius 3 is 3.06 bits per heavy atom. The molecule has 1 aliphatic rings. The number of hydrogen-bond donors (Lipinski definition) is 2. The number of benzene rings is 1. The molecule has 5 heteroatoms. The van der Waals surface area contributed by atoms with Crippen molar-refractivity contribution in [2.75, 3.05) is 6.79 Å². The van der Waals surface area contributed by atoms with Crippen molar-refractivity contribution < 1.29 is 9.47 Å². The summed E-state index contributed by atoms with van der Waals surface area (Å²) >= 11 is 0. The first-order valence-corrected chi connectivity index (χ1v) is 5.61. The van der Waals surface area contributed by atoms with Gasteiger partial charge in [0.05, 0.1) is 6.54 Å². The van der Waals surface area contributed by atoms with Crippen LogP contribution in [0.1, 0.15) is 19.4 Å². The Morgan fingerprint density at radius 2 is 2.29 bits per heavy atom. The van der Waals surface area contributed by atoms with E-state index < -0.39 is 0 Å². The number of guanidine groups is 1. The van der Waals surface area contributed by atoms with Crippen LogP contribution in [0.25, 0.3) is 0 Å². The average Bonchev–Trinajstić information content (AvgIpc) is 2.73. The number of rotatable bonds is 3. The molecule has 3 N–H and O–H groups in total. The molecule has 1 aromatic carbocycles. The maximum absolute atomic E-state index is 5.73. The van der Waals surface area contributed by atoms with Crippen LogP contribution in [0.3, 0.4) is 0 Å². The predicted molar refractivity (Wildman–Crippen MR) is 66.2 cm³/mol. The fourth-order valence-electron chi connectivity index (χ4n) is 1.63. The van der Waals surface area contributed by atoms with Crippen molar-refractivity contribution in [3.8, 4) is 11.5 Å². The van der Waals surface area contributed by atoms with Gasteiger partial charge in [0, 0.05) is 11.6 Å². The lowest BCUT2D eigenvalue weighted by Crippen LogP contribution is -2.36. The second kappa shape index (κ2) is 4.95. The van der Waals surface area contributed by atoms with Crippen LogP contribution in [0.2, 0.25) is 0 Å². The minimum atomic E-state index is 0.274. The number of ether oxygens (including phenoxy) is 2. The Hall–Kier alpha value is -1.91. The Bertz CT molecular complexity index is 430. The molecular formula is C12H17N3O2. The molecular weight excluding hydrogens is 218 g/mol. The fourth-order valence-corrected chi connectivity index (χ4v) is 1.63. The molecule has 92 valence electrons. The zero-order valence-corrected chi connectivity index (χ0v) is 10.1. The van der Waals surface area contributed by atoms with Gasteiger partial charge >= 0.3 is 0 Å². The van der Waals surface area contributed by atoms with Crippen LogP contribution in [-0.4, -0.2) is 18.8 Å². The van der Waals surface area contributed by atoms with Crippen LogP contribution in [0.15, 0.2) is 23.2 Å². The van der Waals surface area contributed by atoms with E-state index in [-0.39, 0.29) is 12.8 Å². The third-order valence-electron chi connectivity index (χ3n) is 2.33. The maximum atomic E-state index is 5.73. The minimum Gasteiger partial charge on any atom is -0.454 e. The summed E-state index contributed by atoms with van der Waals surface area (Å²) in [5.41, 5.74) is 6.71. The largest absolute Gasteiger partial charge is 0.454 e. The summed E-state index contributed by atoms with van der Waals surface area (Å²) in [7, 11) is 0. The van der Waals surface area contributed by atoms with Gasteiger partial charge in [0.2, 0.25) is 6.79 Å². The van der Waals surface area contributed by atoms with Crippen LogP contribution >= 0.6 is 0 Å². The van der Waals surface area contributed by atoms with Gasteiger partial charge in [-0.05, 0) is 19.9 Å². The fraction of sp³-hybridized carbons (Fsp3) is 0.417. The summed E-state index contributed by atoms with van der Waals surface area (Å²) in [4.78, 5) is 4.26. The van der Waals surface area contributed by atoms with Crippen molar-refractivity contribution >= 4 is 5.96 Å². The molecule has 0 amide bonds. The van der Waals surface area contributed by atoms with Crippen LogP contribution in [0, 0.1) is 0 Å². The molecule has 1 aromatic rings.